The van der Waals surface area contributed by atoms with Gasteiger partial charge in [0.25, 0.3) is 5.91 Å². The van der Waals surface area contributed by atoms with E-state index < -0.39 is 0 Å². The fourth-order valence-electron chi connectivity index (χ4n) is 1.75. The van der Waals surface area contributed by atoms with E-state index >= 15 is 0 Å². The van der Waals surface area contributed by atoms with Crippen LogP contribution >= 0.6 is 0 Å². The molecule has 5 heteroatoms. The van der Waals surface area contributed by atoms with Crippen LogP contribution in [0.2, 0.25) is 0 Å². The predicted octanol–water partition coefficient (Wildman–Crippen LogP) is 1.57. The standard InChI is InChI=1S/C14H16N2O3/c1-16(11-3-4-11)14(17)9-19-13-6-10(8-15)5-12(7-13)18-2/h5-7,11H,3-4,9H2,1-2H3. The molecule has 0 atom stereocenters. The van der Waals surface area contributed by atoms with Crippen LogP contribution in [0.1, 0.15) is 18.4 Å². The first-order valence-electron chi connectivity index (χ1n) is 6.11. The van der Waals surface area contributed by atoms with Crippen LogP contribution in [-0.4, -0.2) is 37.6 Å². The van der Waals surface area contributed by atoms with E-state index in [1.165, 1.54) is 7.11 Å². The molecule has 0 aromatic heterocycles. The van der Waals surface area contributed by atoms with Gasteiger partial charge in [0.2, 0.25) is 0 Å². The highest BCUT2D eigenvalue weighted by Gasteiger charge is 2.29. The Balaban J connectivity index is 1.98. The molecule has 0 heterocycles. The van der Waals surface area contributed by atoms with Gasteiger partial charge in [-0.1, -0.05) is 0 Å². The molecule has 1 aromatic carbocycles. The van der Waals surface area contributed by atoms with E-state index in [1.54, 1.807) is 30.1 Å². The molecule has 19 heavy (non-hydrogen) atoms. The highest BCUT2D eigenvalue weighted by Crippen LogP contribution is 2.26. The SMILES string of the molecule is COc1cc(C#N)cc(OCC(=O)N(C)C2CC2)c1. The molecule has 1 amide bonds. The van der Waals surface area contributed by atoms with Gasteiger partial charge >= 0.3 is 0 Å². The molecule has 1 aliphatic carbocycles. The zero-order chi connectivity index (χ0) is 13.8. The van der Waals surface area contributed by atoms with Crippen molar-refractivity contribution in [3.8, 4) is 17.6 Å². The van der Waals surface area contributed by atoms with Crippen LogP contribution in [-0.2, 0) is 4.79 Å². The maximum atomic E-state index is 11.8. The lowest BCUT2D eigenvalue weighted by molar-refractivity contribution is -0.132. The normalized spacial score (nSPS) is 13.5. The van der Waals surface area contributed by atoms with Gasteiger partial charge in [0.05, 0.1) is 18.7 Å². The number of benzene rings is 1. The van der Waals surface area contributed by atoms with Gasteiger partial charge in [0.1, 0.15) is 11.5 Å². The van der Waals surface area contributed by atoms with E-state index in [2.05, 4.69) is 0 Å². The maximum Gasteiger partial charge on any atom is 0.260 e. The summed E-state index contributed by atoms with van der Waals surface area (Å²) >= 11 is 0. The lowest BCUT2D eigenvalue weighted by Gasteiger charge is -2.16. The van der Waals surface area contributed by atoms with Crippen LogP contribution < -0.4 is 9.47 Å². The summed E-state index contributed by atoms with van der Waals surface area (Å²) in [5.41, 5.74) is 0.442. The molecule has 1 saturated carbocycles. The Morgan fingerprint density at radius 1 is 1.42 bits per heavy atom. The number of nitriles is 1. The molecule has 0 aliphatic heterocycles. The van der Waals surface area contributed by atoms with Crippen LogP contribution in [0.15, 0.2) is 18.2 Å². The molecule has 0 unspecified atom stereocenters. The summed E-state index contributed by atoms with van der Waals surface area (Å²) in [6, 6.07) is 7.26. The first-order valence-corrected chi connectivity index (χ1v) is 6.11. The second-order valence-corrected chi connectivity index (χ2v) is 4.53. The molecule has 1 aromatic rings. The monoisotopic (exact) mass is 260 g/mol. The lowest BCUT2D eigenvalue weighted by atomic mass is 10.2. The molecule has 0 bridgehead atoms. The number of ether oxygens (including phenoxy) is 2. The van der Waals surface area contributed by atoms with Crippen molar-refractivity contribution in [3.05, 3.63) is 23.8 Å². The summed E-state index contributed by atoms with van der Waals surface area (Å²) in [4.78, 5) is 13.5. The highest BCUT2D eigenvalue weighted by atomic mass is 16.5. The maximum absolute atomic E-state index is 11.8. The van der Waals surface area contributed by atoms with Gasteiger partial charge in [-0.2, -0.15) is 5.26 Å². The van der Waals surface area contributed by atoms with Crippen LogP contribution in [0, 0.1) is 11.3 Å². The molecular formula is C14H16N2O3. The van der Waals surface area contributed by atoms with Gasteiger partial charge in [0.15, 0.2) is 6.61 Å². The van der Waals surface area contributed by atoms with Gasteiger partial charge in [-0.25, -0.2) is 0 Å². The number of carbonyl (C=O) groups is 1. The molecule has 0 radical (unpaired) electrons. The minimum atomic E-state index is -0.0520. The van der Waals surface area contributed by atoms with Gasteiger partial charge in [-0.05, 0) is 25.0 Å². The van der Waals surface area contributed by atoms with E-state index in [0.717, 1.165) is 12.8 Å². The third-order valence-corrected chi connectivity index (χ3v) is 3.10. The predicted molar refractivity (Wildman–Crippen MR) is 69.0 cm³/mol. The summed E-state index contributed by atoms with van der Waals surface area (Å²) in [7, 11) is 3.31. The molecule has 1 aliphatic rings. The average molecular weight is 260 g/mol. The van der Waals surface area contributed by atoms with Crippen molar-refractivity contribution in [2.75, 3.05) is 20.8 Å². The largest absolute Gasteiger partial charge is 0.497 e. The first kappa shape index (κ1) is 13.2. The Bertz CT molecular complexity index is 518. The number of rotatable bonds is 5. The molecule has 0 saturated heterocycles. The van der Waals surface area contributed by atoms with Crippen molar-refractivity contribution in [1.29, 1.82) is 5.26 Å². The number of methoxy groups -OCH3 is 1. The molecule has 0 N–H and O–H groups in total. The number of hydrogen-bond acceptors (Lipinski definition) is 4. The number of likely N-dealkylation sites (N-methyl/N-ethyl adjacent to an activating group) is 1. The summed E-state index contributed by atoms with van der Waals surface area (Å²) in [5.74, 6) is 0.953. The van der Waals surface area contributed by atoms with Crippen molar-refractivity contribution >= 4 is 5.91 Å². The molecule has 5 nitrogen and oxygen atoms in total. The second-order valence-electron chi connectivity index (χ2n) is 4.53. The van der Waals surface area contributed by atoms with E-state index in [1.807, 2.05) is 6.07 Å². The zero-order valence-corrected chi connectivity index (χ0v) is 11.0. The summed E-state index contributed by atoms with van der Waals surface area (Å²) < 4.78 is 10.5. The molecule has 0 spiro atoms. The van der Waals surface area contributed by atoms with Crippen LogP contribution in [0.3, 0.4) is 0 Å². The van der Waals surface area contributed by atoms with Gasteiger partial charge in [0, 0.05) is 19.2 Å². The smallest absolute Gasteiger partial charge is 0.260 e. The number of nitrogens with zero attached hydrogens (tertiary/aromatic N) is 2. The van der Waals surface area contributed by atoms with Crippen LogP contribution in [0.5, 0.6) is 11.5 Å². The zero-order valence-electron chi connectivity index (χ0n) is 11.0. The van der Waals surface area contributed by atoms with Crippen molar-refractivity contribution in [3.63, 3.8) is 0 Å². The Hall–Kier alpha value is -2.22. The van der Waals surface area contributed by atoms with Gasteiger partial charge in [-0.3, -0.25) is 4.79 Å². The Labute approximate surface area is 112 Å². The minimum Gasteiger partial charge on any atom is -0.497 e. The van der Waals surface area contributed by atoms with E-state index in [-0.39, 0.29) is 12.5 Å². The molecule has 100 valence electrons. The van der Waals surface area contributed by atoms with Gasteiger partial charge < -0.3 is 14.4 Å². The Morgan fingerprint density at radius 3 is 2.68 bits per heavy atom. The highest BCUT2D eigenvalue weighted by molar-refractivity contribution is 5.78. The minimum absolute atomic E-state index is 0.0228. The van der Waals surface area contributed by atoms with E-state index in [0.29, 0.717) is 23.1 Å². The number of amides is 1. The number of carbonyl (C=O) groups excluding carboxylic acids is 1. The summed E-state index contributed by atoms with van der Waals surface area (Å²) in [5, 5.41) is 8.89. The third kappa shape index (κ3) is 3.38. The van der Waals surface area contributed by atoms with Crippen molar-refractivity contribution in [1.82, 2.24) is 4.90 Å². The fraction of sp³-hybridized carbons (Fsp3) is 0.429. The van der Waals surface area contributed by atoms with Crippen molar-refractivity contribution < 1.29 is 14.3 Å². The molecular weight excluding hydrogens is 244 g/mol. The Kier molecular flexibility index (Phi) is 3.91. The second kappa shape index (κ2) is 5.61. The molecule has 2 rings (SSSR count). The fourth-order valence-corrected chi connectivity index (χ4v) is 1.75. The van der Waals surface area contributed by atoms with Crippen LogP contribution in [0.25, 0.3) is 0 Å². The van der Waals surface area contributed by atoms with E-state index in [4.69, 9.17) is 14.7 Å². The van der Waals surface area contributed by atoms with Crippen molar-refractivity contribution in [2.45, 2.75) is 18.9 Å². The average Bonchev–Trinajstić information content (AvgIpc) is 3.27. The Morgan fingerprint density at radius 2 is 2.11 bits per heavy atom. The van der Waals surface area contributed by atoms with Gasteiger partial charge in [-0.15, -0.1) is 0 Å². The van der Waals surface area contributed by atoms with Crippen molar-refractivity contribution in [2.24, 2.45) is 0 Å². The molecule has 1 fully saturated rings. The topological polar surface area (TPSA) is 62.6 Å². The first-order chi connectivity index (χ1) is 9.13. The lowest BCUT2D eigenvalue weighted by Crippen LogP contribution is -2.33. The summed E-state index contributed by atoms with van der Waals surface area (Å²) in [6.45, 7) is -0.0228. The van der Waals surface area contributed by atoms with E-state index in [9.17, 15) is 4.79 Å². The summed E-state index contributed by atoms with van der Waals surface area (Å²) in [6.07, 6.45) is 2.14. The van der Waals surface area contributed by atoms with Crippen LogP contribution in [0.4, 0.5) is 0 Å². The third-order valence-electron chi connectivity index (χ3n) is 3.10. The quantitative estimate of drug-likeness (QED) is 0.806. The number of hydrogen-bond donors (Lipinski definition) is 0.